The molecule has 0 fully saturated rings. The van der Waals surface area contributed by atoms with Crippen LogP contribution in [0.25, 0.3) is 0 Å². The molecule has 0 saturated heterocycles. The lowest BCUT2D eigenvalue weighted by Gasteiger charge is -2.13. The van der Waals surface area contributed by atoms with Gasteiger partial charge in [0.05, 0.1) is 0 Å². The van der Waals surface area contributed by atoms with Crippen molar-refractivity contribution in [2.24, 2.45) is 0 Å². The molecule has 1 amide bonds. The molecule has 20 heavy (non-hydrogen) atoms. The topological polar surface area (TPSA) is 55.1 Å². The first-order valence-electron chi connectivity index (χ1n) is 6.32. The lowest BCUT2D eigenvalue weighted by atomic mass is 10.1. The molecule has 0 aliphatic carbocycles. The summed E-state index contributed by atoms with van der Waals surface area (Å²) in [6.45, 7) is 5.83. The summed E-state index contributed by atoms with van der Waals surface area (Å²) >= 11 is 3.41. The highest BCUT2D eigenvalue weighted by atomic mass is 79.9. The predicted molar refractivity (Wildman–Crippen MR) is 87.2 cm³/mol. The number of carbonyl (C=O) groups excluding carboxylic acids is 1. The van der Waals surface area contributed by atoms with Crippen molar-refractivity contribution >= 4 is 33.2 Å². The highest BCUT2D eigenvalue weighted by Crippen LogP contribution is 2.24. The van der Waals surface area contributed by atoms with Crippen molar-refractivity contribution < 1.29 is 4.79 Å². The Balaban J connectivity index is 2.32. The van der Waals surface area contributed by atoms with Crippen LogP contribution in [0.15, 0.2) is 34.8 Å². The van der Waals surface area contributed by atoms with E-state index in [1.54, 1.807) is 0 Å². The Labute approximate surface area is 127 Å². The van der Waals surface area contributed by atoms with E-state index >= 15 is 0 Å². The molecule has 3 N–H and O–H groups in total. The molecule has 2 aromatic carbocycles. The first-order valence-corrected chi connectivity index (χ1v) is 7.11. The van der Waals surface area contributed by atoms with Gasteiger partial charge in [-0.25, -0.2) is 0 Å². The number of amides is 1. The minimum absolute atomic E-state index is 0.120. The van der Waals surface area contributed by atoms with Crippen LogP contribution >= 0.6 is 15.9 Å². The van der Waals surface area contributed by atoms with E-state index in [9.17, 15) is 4.79 Å². The summed E-state index contributed by atoms with van der Waals surface area (Å²) in [4.78, 5) is 12.3. The van der Waals surface area contributed by atoms with Crippen LogP contribution < -0.4 is 11.1 Å². The van der Waals surface area contributed by atoms with Crippen molar-refractivity contribution in [1.82, 2.24) is 0 Å². The molecule has 104 valence electrons. The standard InChI is InChI=1S/C16H17BrN2O/c1-9-4-12(8-13(17)5-9)16(20)19-15-10(2)6-14(18)7-11(15)3/h4-8H,18H2,1-3H3,(H,19,20). The molecule has 0 radical (unpaired) electrons. The number of rotatable bonds is 2. The van der Waals surface area contributed by atoms with Crippen LogP contribution in [0.2, 0.25) is 0 Å². The first-order chi connectivity index (χ1) is 9.36. The monoisotopic (exact) mass is 332 g/mol. The van der Waals surface area contributed by atoms with Gasteiger partial charge in [0.25, 0.3) is 5.91 Å². The summed E-state index contributed by atoms with van der Waals surface area (Å²) in [5.74, 6) is -0.120. The van der Waals surface area contributed by atoms with Gasteiger partial charge in [0.2, 0.25) is 0 Å². The molecule has 4 heteroatoms. The average molecular weight is 333 g/mol. The summed E-state index contributed by atoms with van der Waals surface area (Å²) in [5.41, 5.74) is 10.9. The molecule has 2 rings (SSSR count). The van der Waals surface area contributed by atoms with Gasteiger partial charge < -0.3 is 11.1 Å². The van der Waals surface area contributed by atoms with Gasteiger partial charge in [0.15, 0.2) is 0 Å². The zero-order valence-electron chi connectivity index (χ0n) is 11.8. The minimum Gasteiger partial charge on any atom is -0.399 e. The van der Waals surface area contributed by atoms with Crippen LogP contribution in [-0.4, -0.2) is 5.91 Å². The maximum atomic E-state index is 12.3. The van der Waals surface area contributed by atoms with Gasteiger partial charge in [-0.1, -0.05) is 15.9 Å². The third-order valence-corrected chi connectivity index (χ3v) is 3.56. The second-order valence-electron chi connectivity index (χ2n) is 5.00. The summed E-state index contributed by atoms with van der Waals surface area (Å²) in [6, 6.07) is 9.35. The summed E-state index contributed by atoms with van der Waals surface area (Å²) in [5, 5.41) is 2.96. The lowest BCUT2D eigenvalue weighted by Crippen LogP contribution is -2.14. The Morgan fingerprint density at radius 1 is 1.05 bits per heavy atom. The maximum absolute atomic E-state index is 12.3. The summed E-state index contributed by atoms with van der Waals surface area (Å²) in [6.07, 6.45) is 0. The molecular weight excluding hydrogens is 316 g/mol. The zero-order valence-corrected chi connectivity index (χ0v) is 13.3. The van der Waals surface area contributed by atoms with E-state index in [1.807, 2.05) is 51.1 Å². The molecule has 0 unspecified atom stereocenters. The van der Waals surface area contributed by atoms with E-state index in [2.05, 4.69) is 21.2 Å². The van der Waals surface area contributed by atoms with E-state index in [-0.39, 0.29) is 5.91 Å². The first kappa shape index (κ1) is 14.6. The number of carbonyl (C=O) groups is 1. The van der Waals surface area contributed by atoms with Crippen LogP contribution in [0.1, 0.15) is 27.0 Å². The van der Waals surface area contributed by atoms with E-state index in [1.165, 1.54) is 0 Å². The number of anilines is 2. The molecule has 0 saturated carbocycles. The molecule has 0 aromatic heterocycles. The second-order valence-corrected chi connectivity index (χ2v) is 5.92. The van der Waals surface area contributed by atoms with Crippen molar-refractivity contribution in [3.05, 3.63) is 57.1 Å². The Morgan fingerprint density at radius 2 is 1.65 bits per heavy atom. The van der Waals surface area contributed by atoms with Crippen molar-refractivity contribution in [2.75, 3.05) is 11.1 Å². The third kappa shape index (κ3) is 3.20. The quantitative estimate of drug-likeness (QED) is 0.809. The number of hydrogen-bond donors (Lipinski definition) is 2. The van der Waals surface area contributed by atoms with Crippen molar-refractivity contribution in [2.45, 2.75) is 20.8 Å². The van der Waals surface area contributed by atoms with Crippen molar-refractivity contribution in [3.8, 4) is 0 Å². The Kier molecular flexibility index (Phi) is 4.14. The second kappa shape index (κ2) is 5.67. The fraction of sp³-hybridized carbons (Fsp3) is 0.188. The average Bonchev–Trinajstić information content (AvgIpc) is 2.32. The third-order valence-electron chi connectivity index (χ3n) is 3.10. The van der Waals surface area contributed by atoms with Crippen LogP contribution in [0.4, 0.5) is 11.4 Å². The van der Waals surface area contributed by atoms with E-state index in [0.717, 1.165) is 26.9 Å². The molecule has 0 heterocycles. The predicted octanol–water partition coefficient (Wildman–Crippen LogP) is 4.21. The van der Waals surface area contributed by atoms with Crippen LogP contribution in [-0.2, 0) is 0 Å². The molecule has 3 nitrogen and oxygen atoms in total. The number of hydrogen-bond acceptors (Lipinski definition) is 2. The maximum Gasteiger partial charge on any atom is 0.255 e. The van der Waals surface area contributed by atoms with Gasteiger partial charge in [-0.3, -0.25) is 4.79 Å². The largest absolute Gasteiger partial charge is 0.399 e. The van der Waals surface area contributed by atoms with Crippen molar-refractivity contribution in [3.63, 3.8) is 0 Å². The Morgan fingerprint density at radius 3 is 2.20 bits per heavy atom. The zero-order chi connectivity index (χ0) is 14.9. The molecular formula is C16H17BrN2O. The van der Waals surface area contributed by atoms with Crippen LogP contribution in [0.5, 0.6) is 0 Å². The number of benzene rings is 2. The Hall–Kier alpha value is -1.81. The van der Waals surface area contributed by atoms with Crippen LogP contribution in [0, 0.1) is 20.8 Å². The number of nitrogens with one attached hydrogen (secondary N) is 1. The lowest BCUT2D eigenvalue weighted by molar-refractivity contribution is 0.102. The van der Waals surface area contributed by atoms with E-state index in [0.29, 0.717) is 11.3 Å². The fourth-order valence-electron chi connectivity index (χ4n) is 2.25. The molecule has 0 aliphatic heterocycles. The number of nitrogen functional groups attached to an aromatic ring is 1. The van der Waals surface area contributed by atoms with Crippen LogP contribution in [0.3, 0.4) is 0 Å². The van der Waals surface area contributed by atoms with Gasteiger partial charge in [0, 0.05) is 21.4 Å². The Bertz CT molecular complexity index is 637. The molecule has 0 atom stereocenters. The van der Waals surface area contributed by atoms with E-state index < -0.39 is 0 Å². The number of halogens is 1. The highest BCUT2D eigenvalue weighted by molar-refractivity contribution is 9.10. The summed E-state index contributed by atoms with van der Waals surface area (Å²) < 4.78 is 0.897. The van der Waals surface area contributed by atoms with E-state index in [4.69, 9.17) is 5.73 Å². The number of nitrogens with two attached hydrogens (primary N) is 1. The van der Waals surface area contributed by atoms with Gasteiger partial charge in [0.1, 0.15) is 0 Å². The van der Waals surface area contributed by atoms with Crippen molar-refractivity contribution in [1.29, 1.82) is 0 Å². The summed E-state index contributed by atoms with van der Waals surface area (Å²) in [7, 11) is 0. The molecule has 2 aromatic rings. The normalized spacial score (nSPS) is 10.4. The number of aryl methyl sites for hydroxylation is 3. The SMILES string of the molecule is Cc1cc(Br)cc(C(=O)Nc2c(C)cc(N)cc2C)c1. The molecule has 0 spiro atoms. The smallest absolute Gasteiger partial charge is 0.255 e. The van der Waals surface area contributed by atoms with Gasteiger partial charge in [-0.05, 0) is 67.8 Å². The highest BCUT2D eigenvalue weighted by Gasteiger charge is 2.11. The fourth-order valence-corrected chi connectivity index (χ4v) is 2.86. The van der Waals surface area contributed by atoms with Gasteiger partial charge in [-0.15, -0.1) is 0 Å². The molecule has 0 aliphatic rings. The van der Waals surface area contributed by atoms with Gasteiger partial charge in [-0.2, -0.15) is 0 Å². The molecule has 0 bridgehead atoms. The van der Waals surface area contributed by atoms with Gasteiger partial charge >= 0.3 is 0 Å². The minimum atomic E-state index is -0.120.